The maximum absolute atomic E-state index is 10.7. The number of fused-ring (bicyclic) bond motifs is 1. The molecule has 4 aliphatic rings. The SMILES string of the molecule is C[C@@]1(O[C@@H]2O[C@@H](CO)[C@@H](O)[C@H](O)[C@H]2O)C[C@H](O)[C@@H]2C=CO[C@@H](O[C@H]3O[C@@H](CO)[C@H](O)[C@H](O)[C@H]3O)[C@H]21. The van der Waals surface area contributed by atoms with Gasteiger partial charge in [-0.2, -0.15) is 0 Å². The molecule has 0 radical (unpaired) electrons. The van der Waals surface area contributed by atoms with Crippen molar-refractivity contribution in [3.8, 4) is 0 Å². The Labute approximate surface area is 200 Å². The lowest BCUT2D eigenvalue weighted by Crippen LogP contribution is -2.62. The fraction of sp³-hybridized carbons (Fsp3) is 0.905. The highest BCUT2D eigenvalue weighted by Gasteiger charge is 2.60. The van der Waals surface area contributed by atoms with Crippen molar-refractivity contribution in [1.29, 1.82) is 0 Å². The van der Waals surface area contributed by atoms with Crippen LogP contribution in [0.4, 0.5) is 0 Å². The van der Waals surface area contributed by atoms with Crippen molar-refractivity contribution in [2.75, 3.05) is 13.2 Å². The minimum atomic E-state index is -1.69. The first-order valence-corrected chi connectivity index (χ1v) is 11.5. The van der Waals surface area contributed by atoms with Crippen LogP contribution in [-0.2, 0) is 23.7 Å². The first-order chi connectivity index (χ1) is 16.5. The largest absolute Gasteiger partial charge is 0.472 e. The Hall–Kier alpha value is -0.980. The molecule has 3 heterocycles. The third-order valence-corrected chi connectivity index (χ3v) is 7.34. The summed E-state index contributed by atoms with van der Waals surface area (Å²) in [5.74, 6) is -1.37. The molecule has 9 N–H and O–H groups in total. The third-order valence-electron chi connectivity index (χ3n) is 7.34. The van der Waals surface area contributed by atoms with Crippen LogP contribution in [0.25, 0.3) is 0 Å². The van der Waals surface area contributed by atoms with Crippen LogP contribution in [0, 0.1) is 11.8 Å². The molecule has 0 spiro atoms. The van der Waals surface area contributed by atoms with Gasteiger partial charge in [0, 0.05) is 12.3 Å². The molecule has 14 heteroatoms. The number of ether oxygens (including phenoxy) is 5. The van der Waals surface area contributed by atoms with Gasteiger partial charge < -0.3 is 69.6 Å². The molecule has 0 bridgehead atoms. The molecule has 0 amide bonds. The molecule has 0 aromatic heterocycles. The van der Waals surface area contributed by atoms with E-state index in [9.17, 15) is 46.0 Å². The molecule has 4 rings (SSSR count). The maximum atomic E-state index is 10.7. The van der Waals surface area contributed by atoms with E-state index >= 15 is 0 Å². The normalized spacial score (nSPS) is 54.3. The van der Waals surface area contributed by atoms with Crippen molar-refractivity contribution in [3.05, 3.63) is 12.3 Å². The van der Waals surface area contributed by atoms with Crippen molar-refractivity contribution in [1.82, 2.24) is 0 Å². The van der Waals surface area contributed by atoms with E-state index in [0.29, 0.717) is 0 Å². The van der Waals surface area contributed by atoms with E-state index in [0.717, 1.165) is 0 Å². The standard InChI is InChI=1S/C21H34O14/c1-21(35-20-17(30)15(28)13(26)10(6-23)33-20)4-8(24)7-2-3-31-18(11(7)21)34-19-16(29)14(27)12(25)9(5-22)32-19/h2-3,7-20,22-30H,4-6H2,1H3/t7-,8-,9-,10-,11-,12-,13+,14-,15-,16+,17+,18-,19+,20-,21+/m0/s1. The second kappa shape index (κ2) is 10.4. The second-order valence-corrected chi connectivity index (χ2v) is 9.67. The molecular weight excluding hydrogens is 476 g/mol. The molecule has 0 aromatic carbocycles. The Morgan fingerprint density at radius 3 is 1.89 bits per heavy atom. The van der Waals surface area contributed by atoms with Gasteiger partial charge in [-0.15, -0.1) is 0 Å². The lowest BCUT2D eigenvalue weighted by Gasteiger charge is -2.47. The fourth-order valence-electron chi connectivity index (χ4n) is 5.33. The highest BCUT2D eigenvalue weighted by Crippen LogP contribution is 2.50. The summed E-state index contributed by atoms with van der Waals surface area (Å²) in [5, 5.41) is 90.6. The summed E-state index contributed by atoms with van der Waals surface area (Å²) < 4.78 is 28.3. The van der Waals surface area contributed by atoms with Gasteiger partial charge in [0.15, 0.2) is 12.6 Å². The highest BCUT2D eigenvalue weighted by atomic mass is 16.8. The lowest BCUT2D eigenvalue weighted by atomic mass is 9.84. The summed E-state index contributed by atoms with van der Waals surface area (Å²) >= 11 is 0. The molecule has 202 valence electrons. The number of aliphatic hydroxyl groups is 9. The van der Waals surface area contributed by atoms with Crippen molar-refractivity contribution in [2.45, 2.75) is 92.8 Å². The van der Waals surface area contributed by atoms with Crippen LogP contribution in [0.1, 0.15) is 13.3 Å². The van der Waals surface area contributed by atoms with Gasteiger partial charge in [0.1, 0.15) is 48.8 Å². The number of hydrogen-bond donors (Lipinski definition) is 9. The molecule has 14 nitrogen and oxygen atoms in total. The first-order valence-electron chi connectivity index (χ1n) is 11.5. The molecule has 3 fully saturated rings. The number of rotatable bonds is 6. The molecule has 35 heavy (non-hydrogen) atoms. The van der Waals surface area contributed by atoms with Crippen molar-refractivity contribution >= 4 is 0 Å². The van der Waals surface area contributed by atoms with Crippen LogP contribution in [0.15, 0.2) is 12.3 Å². The van der Waals surface area contributed by atoms with Gasteiger partial charge in [0.2, 0.25) is 6.29 Å². The van der Waals surface area contributed by atoms with Gasteiger partial charge in [-0.05, 0) is 13.0 Å². The van der Waals surface area contributed by atoms with Crippen LogP contribution >= 0.6 is 0 Å². The zero-order valence-electron chi connectivity index (χ0n) is 18.9. The van der Waals surface area contributed by atoms with E-state index in [4.69, 9.17) is 23.7 Å². The number of aliphatic hydroxyl groups excluding tert-OH is 9. The van der Waals surface area contributed by atoms with Crippen LogP contribution in [0.5, 0.6) is 0 Å². The van der Waals surface area contributed by atoms with Gasteiger partial charge in [0.25, 0.3) is 0 Å². The molecule has 2 saturated heterocycles. The summed E-state index contributed by atoms with van der Waals surface area (Å²) in [6.07, 6.45) is -14.6. The first kappa shape index (κ1) is 27.1. The van der Waals surface area contributed by atoms with E-state index in [2.05, 4.69) is 0 Å². The van der Waals surface area contributed by atoms with Crippen molar-refractivity contribution < 1.29 is 69.6 Å². The van der Waals surface area contributed by atoms with Crippen LogP contribution < -0.4 is 0 Å². The zero-order valence-corrected chi connectivity index (χ0v) is 18.9. The molecule has 3 aliphatic heterocycles. The Kier molecular flexibility index (Phi) is 8.05. The molecule has 1 aliphatic carbocycles. The Morgan fingerprint density at radius 2 is 1.31 bits per heavy atom. The van der Waals surface area contributed by atoms with Gasteiger partial charge >= 0.3 is 0 Å². The van der Waals surface area contributed by atoms with Gasteiger partial charge in [-0.3, -0.25) is 0 Å². The zero-order chi connectivity index (χ0) is 25.7. The highest BCUT2D eigenvalue weighted by molar-refractivity contribution is 5.11. The minimum absolute atomic E-state index is 0.0135. The molecule has 0 unspecified atom stereocenters. The van der Waals surface area contributed by atoms with E-state index in [1.54, 1.807) is 13.0 Å². The summed E-state index contributed by atoms with van der Waals surface area (Å²) in [4.78, 5) is 0. The Balaban J connectivity index is 1.55. The topological polar surface area (TPSA) is 228 Å². The van der Waals surface area contributed by atoms with E-state index < -0.39 is 104 Å². The van der Waals surface area contributed by atoms with E-state index in [1.807, 2.05) is 0 Å². The molecular formula is C21H34O14. The smallest absolute Gasteiger partial charge is 0.207 e. The van der Waals surface area contributed by atoms with E-state index in [1.165, 1.54) is 6.26 Å². The lowest BCUT2D eigenvalue weighted by molar-refractivity contribution is -0.361. The predicted molar refractivity (Wildman–Crippen MR) is 110 cm³/mol. The van der Waals surface area contributed by atoms with Gasteiger partial charge in [0.05, 0.1) is 37.1 Å². The maximum Gasteiger partial charge on any atom is 0.207 e. The average Bonchev–Trinajstić information content (AvgIpc) is 3.10. The summed E-state index contributed by atoms with van der Waals surface area (Å²) in [6.45, 7) is 0.290. The molecule has 0 aromatic rings. The Bertz CT molecular complexity index is 750. The minimum Gasteiger partial charge on any atom is -0.472 e. The predicted octanol–water partition coefficient (Wildman–Crippen LogP) is -4.75. The quantitative estimate of drug-likeness (QED) is 0.163. The fourth-order valence-corrected chi connectivity index (χ4v) is 5.33. The average molecular weight is 510 g/mol. The molecule has 15 atom stereocenters. The van der Waals surface area contributed by atoms with Gasteiger partial charge in [-0.1, -0.05) is 0 Å². The van der Waals surface area contributed by atoms with Crippen molar-refractivity contribution in [3.63, 3.8) is 0 Å². The monoisotopic (exact) mass is 510 g/mol. The third kappa shape index (κ3) is 4.84. The van der Waals surface area contributed by atoms with Crippen LogP contribution in [0.3, 0.4) is 0 Å². The van der Waals surface area contributed by atoms with E-state index in [-0.39, 0.29) is 6.42 Å². The summed E-state index contributed by atoms with van der Waals surface area (Å²) in [5.41, 5.74) is -1.32. The van der Waals surface area contributed by atoms with Crippen molar-refractivity contribution in [2.24, 2.45) is 11.8 Å². The van der Waals surface area contributed by atoms with Gasteiger partial charge in [-0.25, -0.2) is 0 Å². The van der Waals surface area contributed by atoms with Crippen LogP contribution in [-0.4, -0.2) is 139 Å². The Morgan fingerprint density at radius 1 is 0.771 bits per heavy atom. The summed E-state index contributed by atoms with van der Waals surface area (Å²) in [6, 6.07) is 0. The van der Waals surface area contributed by atoms with Crippen LogP contribution in [0.2, 0.25) is 0 Å². The number of hydrogen-bond acceptors (Lipinski definition) is 14. The summed E-state index contributed by atoms with van der Waals surface area (Å²) in [7, 11) is 0. The second-order valence-electron chi connectivity index (χ2n) is 9.67. The molecule has 1 saturated carbocycles.